The summed E-state index contributed by atoms with van der Waals surface area (Å²) in [4.78, 5) is 36.4. The number of hydrogen-bond acceptors (Lipinski definition) is 5. The van der Waals surface area contributed by atoms with Gasteiger partial charge in [-0.1, -0.05) is 42.0 Å². The van der Waals surface area contributed by atoms with Gasteiger partial charge in [0.1, 0.15) is 0 Å². The van der Waals surface area contributed by atoms with Crippen LogP contribution < -0.4 is 27.1 Å². The molecule has 3 aromatic carbocycles. The molecule has 0 aliphatic heterocycles. The van der Waals surface area contributed by atoms with E-state index < -0.39 is 16.3 Å². The van der Waals surface area contributed by atoms with Gasteiger partial charge < -0.3 is 0 Å². The van der Waals surface area contributed by atoms with Crippen molar-refractivity contribution in [3.05, 3.63) is 90.1 Å². The summed E-state index contributed by atoms with van der Waals surface area (Å²) in [6.45, 7) is 1.94. The van der Waals surface area contributed by atoms with E-state index in [4.69, 9.17) is 0 Å². The zero-order chi connectivity index (χ0) is 15.7. The lowest BCUT2D eigenvalue weighted by Gasteiger charge is -2.00. The maximum atomic E-state index is 12.3. The quantitative estimate of drug-likeness (QED) is 0.565. The first kappa shape index (κ1) is 13.9. The van der Waals surface area contributed by atoms with Crippen molar-refractivity contribution in [2.75, 3.05) is 5.43 Å². The molecule has 5 heteroatoms. The minimum absolute atomic E-state index is 0.131. The van der Waals surface area contributed by atoms with Gasteiger partial charge in [0.25, 0.3) is 5.43 Å². The number of anilines is 1. The molecule has 0 atom stereocenters. The van der Waals surface area contributed by atoms with Crippen LogP contribution >= 0.6 is 0 Å². The summed E-state index contributed by atoms with van der Waals surface area (Å²) >= 11 is 0. The lowest BCUT2D eigenvalue weighted by Crippen LogP contribution is -2.48. The first-order valence-electron chi connectivity index (χ1n) is 6.71. The van der Waals surface area contributed by atoms with Gasteiger partial charge in [0.05, 0.1) is 5.69 Å². The van der Waals surface area contributed by atoms with Crippen LogP contribution in [-0.2, 0) is 0 Å². The summed E-state index contributed by atoms with van der Waals surface area (Å²) in [5, 5.41) is 3.79. The van der Waals surface area contributed by atoms with Gasteiger partial charge in [-0.15, -0.1) is 0 Å². The Morgan fingerprint density at radius 2 is 1.36 bits per heavy atom. The largest absolute Gasteiger partial charge is 0.287 e. The topological polar surface area (TPSA) is 75.6 Å². The van der Waals surface area contributed by atoms with Gasteiger partial charge in [-0.25, -0.2) is 0 Å². The second-order valence-corrected chi connectivity index (χ2v) is 4.97. The molecular weight excluding hydrogens is 280 g/mol. The van der Waals surface area contributed by atoms with Crippen LogP contribution in [0.25, 0.3) is 10.8 Å². The second kappa shape index (κ2) is 5.37. The Bertz CT molecular complexity index is 1060. The van der Waals surface area contributed by atoms with Gasteiger partial charge in [-0.05, 0) is 19.1 Å². The second-order valence-electron chi connectivity index (χ2n) is 4.97. The van der Waals surface area contributed by atoms with Gasteiger partial charge in [-0.3, -0.25) is 19.8 Å². The highest BCUT2D eigenvalue weighted by molar-refractivity contribution is 5.81. The van der Waals surface area contributed by atoms with Gasteiger partial charge in [0.15, 0.2) is 5.36 Å². The molecule has 0 amide bonds. The van der Waals surface area contributed by atoms with E-state index in [9.17, 15) is 14.4 Å². The molecule has 0 heterocycles. The molecule has 108 valence electrons. The van der Waals surface area contributed by atoms with E-state index in [0.717, 1.165) is 5.56 Å². The molecule has 0 saturated heterocycles. The zero-order valence-corrected chi connectivity index (χ0v) is 11.8. The van der Waals surface area contributed by atoms with Crippen LogP contribution in [0.15, 0.2) is 68.0 Å². The normalized spacial score (nSPS) is 11.8. The molecule has 0 aliphatic carbocycles. The highest BCUT2D eigenvalue weighted by Gasteiger charge is 2.10. The fraction of sp³-hybridized carbons (Fsp3) is 0.0588. The summed E-state index contributed by atoms with van der Waals surface area (Å²) in [6.07, 6.45) is 0. The number of nitrogens with one attached hydrogen (secondary N) is 1. The van der Waals surface area contributed by atoms with Gasteiger partial charge in [0, 0.05) is 10.8 Å². The third-order valence-electron chi connectivity index (χ3n) is 3.40. The smallest absolute Gasteiger partial charge is 0.257 e. The Balaban J connectivity index is 2.21. The average Bonchev–Trinajstić information content (AvgIpc) is 2.54. The molecular formula is C17H12N2O3. The Labute approximate surface area is 124 Å². The SMILES string of the molecule is Cc1ccc(N/N=c2/c(=O)c(=O)c3ccccc3c2=O)cc1. The fourth-order valence-corrected chi connectivity index (χ4v) is 2.19. The van der Waals surface area contributed by atoms with Crippen LogP contribution in [0.2, 0.25) is 0 Å². The highest BCUT2D eigenvalue weighted by atomic mass is 16.2. The molecule has 0 aliphatic rings. The molecule has 0 saturated carbocycles. The Kier molecular flexibility index (Phi) is 3.39. The van der Waals surface area contributed by atoms with Crippen molar-refractivity contribution >= 4 is 16.5 Å². The molecule has 3 rings (SSSR count). The van der Waals surface area contributed by atoms with Crippen LogP contribution in [0.4, 0.5) is 5.69 Å². The van der Waals surface area contributed by atoms with Crippen molar-refractivity contribution in [2.24, 2.45) is 5.10 Å². The lowest BCUT2D eigenvalue weighted by molar-refractivity contribution is 1.17. The number of nitrogens with zero attached hydrogens (tertiary/aromatic N) is 1. The first-order valence-corrected chi connectivity index (χ1v) is 6.71. The van der Waals surface area contributed by atoms with Crippen LogP contribution in [0, 0.1) is 6.92 Å². The molecule has 0 aromatic heterocycles. The Hall–Kier alpha value is -3.08. The number of benzene rings is 3. The molecule has 0 fully saturated rings. The maximum Gasteiger partial charge on any atom is 0.257 e. The van der Waals surface area contributed by atoms with Gasteiger partial charge in [-0.2, -0.15) is 5.10 Å². The molecule has 0 unspecified atom stereocenters. The van der Waals surface area contributed by atoms with E-state index in [1.54, 1.807) is 24.3 Å². The predicted molar refractivity (Wildman–Crippen MR) is 85.5 cm³/mol. The van der Waals surface area contributed by atoms with Gasteiger partial charge in [0.2, 0.25) is 10.9 Å². The number of aryl methyl sites for hydroxylation is 1. The van der Waals surface area contributed by atoms with Crippen LogP contribution in [0.5, 0.6) is 0 Å². The minimum atomic E-state index is -0.886. The van der Waals surface area contributed by atoms with Gasteiger partial charge >= 0.3 is 0 Å². The molecule has 0 bridgehead atoms. The van der Waals surface area contributed by atoms with Crippen molar-refractivity contribution in [1.82, 2.24) is 0 Å². The Morgan fingerprint density at radius 3 is 2.00 bits per heavy atom. The zero-order valence-electron chi connectivity index (χ0n) is 11.8. The molecule has 3 aromatic rings. The molecule has 5 nitrogen and oxygen atoms in total. The van der Waals surface area contributed by atoms with Crippen molar-refractivity contribution in [1.29, 1.82) is 0 Å². The monoisotopic (exact) mass is 292 g/mol. The van der Waals surface area contributed by atoms with E-state index >= 15 is 0 Å². The van der Waals surface area contributed by atoms with E-state index in [1.807, 2.05) is 19.1 Å². The summed E-state index contributed by atoms with van der Waals surface area (Å²) in [7, 11) is 0. The number of fused-ring (bicyclic) bond motifs is 1. The lowest BCUT2D eigenvalue weighted by atomic mass is 10.1. The van der Waals surface area contributed by atoms with Crippen molar-refractivity contribution in [3.8, 4) is 0 Å². The summed E-state index contributed by atoms with van der Waals surface area (Å²) in [5.74, 6) is 0. The van der Waals surface area contributed by atoms with Crippen LogP contribution in [-0.4, -0.2) is 0 Å². The summed E-state index contributed by atoms with van der Waals surface area (Å²) in [5.41, 5.74) is 2.22. The number of hydrogen-bond donors (Lipinski definition) is 1. The van der Waals surface area contributed by atoms with E-state index in [-0.39, 0.29) is 16.1 Å². The van der Waals surface area contributed by atoms with Crippen molar-refractivity contribution < 1.29 is 0 Å². The molecule has 0 spiro atoms. The van der Waals surface area contributed by atoms with E-state index in [2.05, 4.69) is 10.5 Å². The van der Waals surface area contributed by atoms with Crippen molar-refractivity contribution in [3.63, 3.8) is 0 Å². The van der Waals surface area contributed by atoms with Crippen LogP contribution in [0.3, 0.4) is 0 Å². The third-order valence-corrected chi connectivity index (χ3v) is 3.40. The molecule has 22 heavy (non-hydrogen) atoms. The first-order chi connectivity index (χ1) is 10.6. The third kappa shape index (κ3) is 2.33. The molecule has 1 N–H and O–H groups in total. The highest BCUT2D eigenvalue weighted by Crippen LogP contribution is 2.07. The standard InChI is InChI=1S/C17H12N2O3/c1-10-6-8-11(9-7-10)18-19-14-15(20)12-4-2-3-5-13(12)16(21)17(14)22/h2-9,18H,1H3/b19-14+. The molecule has 0 radical (unpaired) electrons. The predicted octanol–water partition coefficient (Wildman–Crippen LogP) is 1.03. The van der Waals surface area contributed by atoms with E-state index in [1.165, 1.54) is 12.1 Å². The summed E-state index contributed by atoms with van der Waals surface area (Å²) in [6, 6.07) is 13.5. The van der Waals surface area contributed by atoms with Crippen LogP contribution in [0.1, 0.15) is 5.56 Å². The average molecular weight is 292 g/mol. The number of rotatable bonds is 2. The fourth-order valence-electron chi connectivity index (χ4n) is 2.19. The Morgan fingerprint density at radius 1 is 0.773 bits per heavy atom. The van der Waals surface area contributed by atoms with Crippen molar-refractivity contribution in [2.45, 2.75) is 6.92 Å². The van der Waals surface area contributed by atoms with E-state index in [0.29, 0.717) is 5.69 Å². The minimum Gasteiger partial charge on any atom is -0.287 e. The summed E-state index contributed by atoms with van der Waals surface area (Å²) < 4.78 is 0. The maximum absolute atomic E-state index is 12.3.